The number of carbonyl (C=O) groups excluding carboxylic acids is 1. The number of halogens is 6. The Morgan fingerprint density at radius 2 is 1.69 bits per heavy atom. The van der Waals surface area contributed by atoms with Crippen LogP contribution in [0.1, 0.15) is 74.6 Å². The molecule has 1 aromatic carbocycles. The normalized spacial score (nSPS) is 16.9. The lowest BCUT2D eigenvalue weighted by Crippen LogP contribution is -2.35. The average molecular weight is 687 g/mol. The smallest absolute Gasteiger partial charge is 0.417 e. The van der Waals surface area contributed by atoms with Gasteiger partial charge in [0.25, 0.3) is 11.6 Å². The number of rotatable bonds is 13. The fourth-order valence-corrected chi connectivity index (χ4v) is 5.68. The van der Waals surface area contributed by atoms with E-state index in [2.05, 4.69) is 20.4 Å². The van der Waals surface area contributed by atoms with Crippen LogP contribution in [0.2, 0.25) is 0 Å². The zero-order chi connectivity index (χ0) is 35.2. The van der Waals surface area contributed by atoms with Gasteiger partial charge in [-0.05, 0) is 67.9 Å². The first-order valence-electron chi connectivity index (χ1n) is 15.4. The highest BCUT2D eigenvalue weighted by atomic mass is 19.4. The van der Waals surface area contributed by atoms with Crippen LogP contribution >= 0.6 is 0 Å². The lowest BCUT2D eigenvalue weighted by Gasteiger charge is -2.34. The Labute approximate surface area is 272 Å². The quantitative estimate of drug-likeness (QED) is 0.0851. The molecule has 0 spiro atoms. The van der Waals surface area contributed by atoms with Crippen LogP contribution < -0.4 is 9.80 Å². The number of nitro groups is 1. The Bertz CT molecular complexity index is 1570. The molecule has 48 heavy (non-hydrogen) atoms. The predicted molar refractivity (Wildman–Crippen MR) is 161 cm³/mol. The third-order valence-corrected chi connectivity index (χ3v) is 8.01. The molecule has 3 aromatic rings. The molecule has 2 aromatic heterocycles. The summed E-state index contributed by atoms with van der Waals surface area (Å²) in [6.07, 6.45) is -5.32. The molecular formula is C30H36F6N8O4. The van der Waals surface area contributed by atoms with Crippen LogP contribution in [0.3, 0.4) is 0 Å². The molecule has 1 saturated carbocycles. The summed E-state index contributed by atoms with van der Waals surface area (Å²) in [6.45, 7) is 3.75. The number of tetrazole rings is 1. The van der Waals surface area contributed by atoms with E-state index >= 15 is 0 Å². The van der Waals surface area contributed by atoms with Gasteiger partial charge in [0, 0.05) is 56.5 Å². The van der Waals surface area contributed by atoms with Gasteiger partial charge in [0.05, 0.1) is 23.1 Å². The van der Waals surface area contributed by atoms with E-state index in [0.717, 1.165) is 42.0 Å². The number of pyridine rings is 1. The molecule has 0 atom stereocenters. The van der Waals surface area contributed by atoms with Crippen molar-refractivity contribution in [2.45, 2.75) is 83.9 Å². The molecule has 0 saturated heterocycles. The number of carbonyl (C=O) groups is 1. The van der Waals surface area contributed by atoms with Gasteiger partial charge in [0.15, 0.2) is 0 Å². The lowest BCUT2D eigenvalue weighted by molar-refractivity contribution is -0.385. The molecule has 12 nitrogen and oxygen atoms in total. The van der Waals surface area contributed by atoms with Crippen molar-refractivity contribution in [1.29, 1.82) is 0 Å². The van der Waals surface area contributed by atoms with Crippen molar-refractivity contribution >= 4 is 23.4 Å². The molecular weight excluding hydrogens is 650 g/mol. The Morgan fingerprint density at radius 1 is 1.00 bits per heavy atom. The molecule has 1 aliphatic rings. The SMILES string of the molecule is CCCC(=O)OC1CCC(CN(CC)c2ncc(C(F)(F)F)cc2CN(Cc2cc([N+](=O)[O-])cc(C(F)(F)F)c2)c2nnn(C)n2)CC1. The van der Waals surface area contributed by atoms with Crippen LogP contribution in [0.15, 0.2) is 30.5 Å². The van der Waals surface area contributed by atoms with E-state index in [1.54, 1.807) is 0 Å². The number of aryl methyl sites for hydroxylation is 1. The Kier molecular flexibility index (Phi) is 11.5. The maximum atomic E-state index is 13.9. The average Bonchev–Trinajstić information content (AvgIpc) is 3.45. The van der Waals surface area contributed by atoms with Crippen LogP contribution in [0, 0.1) is 16.0 Å². The largest absolute Gasteiger partial charge is 0.462 e. The topological polar surface area (TPSA) is 132 Å². The standard InChI is InChI=1S/C30H36F6N8O4/c1-4-6-26(45)48-25-9-7-19(8-10-25)16-42(5-2)27-21(13-23(15-37-27)30(34,35)36)18-43(28-38-40-41(3)39-28)17-20-11-22(29(31,32)33)14-24(12-20)44(46)47/h11-15,19,25H,4-10,16-18H2,1-3H3. The van der Waals surface area contributed by atoms with Crippen molar-refractivity contribution < 1.29 is 40.8 Å². The number of ether oxygens (including phenoxy) is 1. The molecule has 0 aliphatic heterocycles. The molecule has 4 rings (SSSR count). The second-order valence-electron chi connectivity index (χ2n) is 11.7. The summed E-state index contributed by atoms with van der Waals surface area (Å²) in [4.78, 5) is 30.8. The van der Waals surface area contributed by atoms with E-state index < -0.39 is 40.6 Å². The van der Waals surface area contributed by atoms with E-state index in [1.165, 1.54) is 11.9 Å². The third-order valence-electron chi connectivity index (χ3n) is 8.01. The number of hydrogen-bond acceptors (Lipinski definition) is 10. The maximum absolute atomic E-state index is 13.9. The highest BCUT2D eigenvalue weighted by molar-refractivity contribution is 5.69. The van der Waals surface area contributed by atoms with Crippen molar-refractivity contribution in [1.82, 2.24) is 25.2 Å². The Balaban J connectivity index is 1.66. The number of benzene rings is 1. The number of non-ortho nitro benzene ring substituents is 1. The van der Waals surface area contributed by atoms with Gasteiger partial charge in [-0.25, -0.2) is 4.98 Å². The number of anilines is 2. The zero-order valence-corrected chi connectivity index (χ0v) is 26.6. The molecule has 0 amide bonds. The second kappa shape index (κ2) is 15.1. The van der Waals surface area contributed by atoms with E-state index in [1.807, 2.05) is 18.7 Å². The van der Waals surface area contributed by atoms with Crippen molar-refractivity contribution in [3.05, 3.63) is 62.8 Å². The van der Waals surface area contributed by atoms with Crippen molar-refractivity contribution in [2.24, 2.45) is 13.0 Å². The van der Waals surface area contributed by atoms with E-state index in [9.17, 15) is 41.3 Å². The van der Waals surface area contributed by atoms with Crippen LogP contribution in [0.5, 0.6) is 0 Å². The highest BCUT2D eigenvalue weighted by Crippen LogP contribution is 2.36. The van der Waals surface area contributed by atoms with Crippen LogP contribution in [-0.2, 0) is 42.0 Å². The molecule has 0 radical (unpaired) electrons. The molecule has 0 N–H and O–H groups in total. The summed E-state index contributed by atoms with van der Waals surface area (Å²) in [5.41, 5.74) is -3.15. The molecule has 262 valence electrons. The fourth-order valence-electron chi connectivity index (χ4n) is 5.68. The summed E-state index contributed by atoms with van der Waals surface area (Å²) in [6, 6.07) is 3.02. The monoisotopic (exact) mass is 686 g/mol. The molecule has 2 heterocycles. The van der Waals surface area contributed by atoms with Gasteiger partial charge in [-0.3, -0.25) is 14.9 Å². The van der Waals surface area contributed by atoms with Crippen LogP contribution in [-0.4, -0.2) is 55.3 Å². The summed E-state index contributed by atoms with van der Waals surface area (Å²) < 4.78 is 88.2. The predicted octanol–water partition coefficient (Wildman–Crippen LogP) is 6.49. The zero-order valence-electron chi connectivity index (χ0n) is 26.6. The maximum Gasteiger partial charge on any atom is 0.417 e. The first-order valence-corrected chi connectivity index (χ1v) is 15.4. The van der Waals surface area contributed by atoms with Crippen LogP contribution in [0.25, 0.3) is 0 Å². The number of nitro benzene ring substituents is 1. The second-order valence-corrected chi connectivity index (χ2v) is 11.7. The first kappa shape index (κ1) is 36.3. The minimum absolute atomic E-state index is 0.0859. The number of alkyl halides is 6. The van der Waals surface area contributed by atoms with E-state index in [-0.39, 0.29) is 47.4 Å². The van der Waals surface area contributed by atoms with Gasteiger partial charge in [-0.2, -0.15) is 31.1 Å². The fraction of sp³-hybridized carbons (Fsp3) is 0.567. The van der Waals surface area contributed by atoms with E-state index in [4.69, 9.17) is 4.74 Å². The number of esters is 1. The summed E-state index contributed by atoms with van der Waals surface area (Å²) in [7, 11) is 1.43. The van der Waals surface area contributed by atoms with Gasteiger partial charge in [-0.15, -0.1) is 5.10 Å². The Hall–Kier alpha value is -4.51. The van der Waals surface area contributed by atoms with Crippen molar-refractivity contribution in [3.8, 4) is 0 Å². The van der Waals surface area contributed by atoms with Gasteiger partial charge >= 0.3 is 18.3 Å². The molecule has 0 unspecified atom stereocenters. The van der Waals surface area contributed by atoms with Gasteiger partial charge in [-0.1, -0.05) is 12.0 Å². The van der Waals surface area contributed by atoms with Gasteiger partial charge in [0.2, 0.25) is 0 Å². The summed E-state index contributed by atoms with van der Waals surface area (Å²) >= 11 is 0. The van der Waals surface area contributed by atoms with Crippen molar-refractivity contribution in [2.75, 3.05) is 22.9 Å². The number of aromatic nitrogens is 5. The summed E-state index contributed by atoms with van der Waals surface area (Å²) in [5.74, 6) is -0.00566. The lowest BCUT2D eigenvalue weighted by atomic mass is 9.87. The molecule has 1 fully saturated rings. The number of nitrogens with zero attached hydrogens (tertiary/aromatic N) is 8. The molecule has 0 bridgehead atoms. The third kappa shape index (κ3) is 9.53. The highest BCUT2D eigenvalue weighted by Gasteiger charge is 2.35. The molecule has 1 aliphatic carbocycles. The molecule has 18 heteroatoms. The summed E-state index contributed by atoms with van der Waals surface area (Å²) in [5, 5.41) is 23.2. The minimum Gasteiger partial charge on any atom is -0.462 e. The first-order chi connectivity index (χ1) is 22.6. The Morgan fingerprint density at radius 3 is 2.25 bits per heavy atom. The minimum atomic E-state index is -4.90. The van der Waals surface area contributed by atoms with Crippen molar-refractivity contribution in [3.63, 3.8) is 0 Å². The van der Waals surface area contributed by atoms with Gasteiger partial charge < -0.3 is 14.5 Å². The van der Waals surface area contributed by atoms with Gasteiger partial charge in [0.1, 0.15) is 11.9 Å². The van der Waals surface area contributed by atoms with Crippen LogP contribution in [0.4, 0.5) is 43.8 Å². The van der Waals surface area contributed by atoms with E-state index in [0.29, 0.717) is 44.8 Å². The number of hydrogen-bond donors (Lipinski definition) is 0.